The first-order valence-electron chi connectivity index (χ1n) is 2.91. The lowest BCUT2D eigenvalue weighted by atomic mass is 10.0. The summed E-state index contributed by atoms with van der Waals surface area (Å²) in [5.41, 5.74) is 0. The zero-order chi connectivity index (χ0) is 8.15. The number of carbonyl (C=O) groups is 2. The van der Waals surface area contributed by atoms with E-state index < -0.39 is 11.9 Å². The first kappa shape index (κ1) is 9.10. The number of Topliss-reactive ketones (excluding diaryl/α,β-unsaturated/α-hetero) is 1. The molecular formula is C6H10O4. The van der Waals surface area contributed by atoms with Crippen molar-refractivity contribution in [3.63, 3.8) is 0 Å². The highest BCUT2D eigenvalue weighted by Gasteiger charge is 2.15. The van der Waals surface area contributed by atoms with Crippen molar-refractivity contribution in [3.8, 4) is 0 Å². The summed E-state index contributed by atoms with van der Waals surface area (Å²) in [6.45, 7) is 0.880. The van der Waals surface area contributed by atoms with E-state index in [2.05, 4.69) is 0 Å². The summed E-state index contributed by atoms with van der Waals surface area (Å²) in [6.07, 6.45) is -0.286. The second kappa shape index (κ2) is 4.00. The van der Waals surface area contributed by atoms with Gasteiger partial charge in [0.05, 0.1) is 18.9 Å². The Hall–Kier alpha value is -0.900. The molecule has 0 saturated carbocycles. The van der Waals surface area contributed by atoms with Crippen molar-refractivity contribution < 1.29 is 19.8 Å². The van der Waals surface area contributed by atoms with Gasteiger partial charge in [0.1, 0.15) is 5.78 Å². The number of hydrogen-bond donors (Lipinski definition) is 2. The molecule has 0 spiro atoms. The Labute approximate surface area is 58.5 Å². The Kier molecular flexibility index (Phi) is 3.64. The molecule has 1 unspecified atom stereocenters. The monoisotopic (exact) mass is 146 g/mol. The van der Waals surface area contributed by atoms with Crippen LogP contribution in [-0.4, -0.2) is 28.6 Å². The zero-order valence-corrected chi connectivity index (χ0v) is 5.70. The van der Waals surface area contributed by atoms with Gasteiger partial charge < -0.3 is 10.2 Å². The number of hydrogen-bond acceptors (Lipinski definition) is 3. The molecule has 0 aromatic carbocycles. The molecule has 0 amide bonds. The average molecular weight is 146 g/mol. The Morgan fingerprint density at radius 3 is 2.10 bits per heavy atom. The van der Waals surface area contributed by atoms with Crippen LogP contribution >= 0.6 is 0 Å². The minimum Gasteiger partial charge on any atom is -0.481 e. The number of rotatable bonds is 4. The van der Waals surface area contributed by atoms with Crippen LogP contribution in [-0.2, 0) is 9.59 Å². The second-order valence-electron chi connectivity index (χ2n) is 2.09. The maximum Gasteiger partial charge on any atom is 0.304 e. The molecular weight excluding hydrogens is 136 g/mol. The summed E-state index contributed by atoms with van der Waals surface area (Å²) in [5, 5.41) is 16.7. The lowest BCUT2D eigenvalue weighted by molar-refractivity contribution is -0.141. The predicted molar refractivity (Wildman–Crippen MR) is 33.5 cm³/mol. The number of carboxylic acid groups (broad SMARTS) is 1. The quantitative estimate of drug-likeness (QED) is 0.569. The van der Waals surface area contributed by atoms with Crippen LogP contribution in [0.15, 0.2) is 0 Å². The normalized spacial score (nSPS) is 12.6. The van der Waals surface area contributed by atoms with Gasteiger partial charge in [0, 0.05) is 0 Å². The van der Waals surface area contributed by atoms with E-state index in [1.807, 2.05) is 0 Å². The summed E-state index contributed by atoms with van der Waals surface area (Å²) in [7, 11) is 0. The molecule has 2 N–H and O–H groups in total. The Morgan fingerprint density at radius 1 is 1.50 bits per heavy atom. The van der Waals surface area contributed by atoms with Gasteiger partial charge in [-0.1, -0.05) is 0 Å². The molecule has 0 bridgehead atoms. The second-order valence-corrected chi connectivity index (χ2v) is 2.09. The maximum absolute atomic E-state index is 10.5. The van der Waals surface area contributed by atoms with Gasteiger partial charge >= 0.3 is 5.97 Å². The van der Waals surface area contributed by atoms with Crippen LogP contribution in [0.3, 0.4) is 0 Å². The molecule has 0 radical (unpaired) electrons. The molecule has 0 rings (SSSR count). The van der Waals surface area contributed by atoms with Crippen LogP contribution in [0.5, 0.6) is 0 Å². The number of carbonyl (C=O) groups excluding carboxylic acids is 1. The van der Waals surface area contributed by atoms with Crippen LogP contribution in [0.2, 0.25) is 0 Å². The predicted octanol–water partition coefficient (Wildman–Crippen LogP) is -0.341. The van der Waals surface area contributed by atoms with Crippen molar-refractivity contribution >= 4 is 11.8 Å². The number of carboxylic acids is 1. The fourth-order valence-electron chi connectivity index (χ4n) is 0.548. The van der Waals surface area contributed by atoms with Crippen molar-refractivity contribution in [2.45, 2.75) is 13.3 Å². The van der Waals surface area contributed by atoms with Crippen LogP contribution < -0.4 is 0 Å². The third kappa shape index (κ3) is 3.19. The number of aliphatic hydroxyl groups excluding tert-OH is 1. The summed E-state index contributed by atoms with van der Waals surface area (Å²) in [4.78, 5) is 20.5. The molecule has 0 fully saturated rings. The van der Waals surface area contributed by atoms with E-state index in [0.29, 0.717) is 0 Å². The fourth-order valence-corrected chi connectivity index (χ4v) is 0.548. The molecule has 0 heterocycles. The van der Waals surface area contributed by atoms with Gasteiger partial charge in [-0.2, -0.15) is 0 Å². The van der Waals surface area contributed by atoms with Gasteiger partial charge in [0.2, 0.25) is 0 Å². The lowest BCUT2D eigenvalue weighted by Gasteiger charge is -2.04. The van der Waals surface area contributed by atoms with Gasteiger partial charge in [0.15, 0.2) is 0 Å². The molecule has 0 aliphatic carbocycles. The molecule has 0 aromatic rings. The topological polar surface area (TPSA) is 74.6 Å². The molecule has 4 nitrogen and oxygen atoms in total. The van der Waals surface area contributed by atoms with Gasteiger partial charge in [-0.05, 0) is 6.92 Å². The van der Waals surface area contributed by atoms with Gasteiger partial charge in [-0.3, -0.25) is 9.59 Å². The molecule has 1 atom stereocenters. The summed E-state index contributed by atoms with van der Waals surface area (Å²) in [5.74, 6) is -2.09. The van der Waals surface area contributed by atoms with Crippen LogP contribution in [0.4, 0.5) is 0 Å². The Morgan fingerprint density at radius 2 is 2.00 bits per heavy atom. The summed E-state index contributed by atoms with van der Waals surface area (Å²) in [6, 6.07) is 0. The number of aliphatic carboxylic acids is 1. The molecule has 58 valence electrons. The minimum absolute atomic E-state index is 0.286. The molecule has 10 heavy (non-hydrogen) atoms. The number of ketones is 1. The van der Waals surface area contributed by atoms with Crippen molar-refractivity contribution in [2.75, 3.05) is 6.61 Å². The summed E-state index contributed by atoms with van der Waals surface area (Å²) < 4.78 is 0. The highest BCUT2D eigenvalue weighted by Crippen LogP contribution is 2.02. The van der Waals surface area contributed by atoms with E-state index in [4.69, 9.17) is 10.2 Å². The molecule has 4 heteroatoms. The third-order valence-corrected chi connectivity index (χ3v) is 1.22. The standard InChI is InChI=1S/C6H10O4/c1-4(8)5(3-7)2-6(9)10/h5,7H,2-3H2,1H3,(H,9,10). The van der Waals surface area contributed by atoms with Crippen molar-refractivity contribution in [3.05, 3.63) is 0 Å². The maximum atomic E-state index is 10.5. The van der Waals surface area contributed by atoms with Gasteiger partial charge in [0.25, 0.3) is 0 Å². The highest BCUT2D eigenvalue weighted by atomic mass is 16.4. The fraction of sp³-hybridized carbons (Fsp3) is 0.667. The van der Waals surface area contributed by atoms with Crippen LogP contribution in [0.25, 0.3) is 0 Å². The average Bonchev–Trinajstić information content (AvgIpc) is 1.81. The van der Waals surface area contributed by atoms with E-state index in [0.717, 1.165) is 0 Å². The SMILES string of the molecule is CC(=O)C(CO)CC(=O)O. The summed E-state index contributed by atoms with van der Waals surface area (Å²) >= 11 is 0. The van der Waals surface area contributed by atoms with Crippen LogP contribution in [0.1, 0.15) is 13.3 Å². The molecule has 0 aromatic heterocycles. The van der Waals surface area contributed by atoms with Gasteiger partial charge in [-0.25, -0.2) is 0 Å². The highest BCUT2D eigenvalue weighted by molar-refractivity contribution is 5.82. The largest absolute Gasteiger partial charge is 0.481 e. The van der Waals surface area contributed by atoms with Crippen molar-refractivity contribution in [1.82, 2.24) is 0 Å². The first-order chi connectivity index (χ1) is 4.57. The Bertz CT molecular complexity index is 141. The van der Waals surface area contributed by atoms with Gasteiger partial charge in [-0.15, -0.1) is 0 Å². The van der Waals surface area contributed by atoms with E-state index in [9.17, 15) is 9.59 Å². The molecule has 0 aliphatic heterocycles. The minimum atomic E-state index is -1.06. The lowest BCUT2D eigenvalue weighted by Crippen LogP contribution is -2.19. The zero-order valence-electron chi connectivity index (χ0n) is 5.70. The number of aliphatic hydroxyl groups is 1. The van der Waals surface area contributed by atoms with E-state index in [-0.39, 0.29) is 18.8 Å². The van der Waals surface area contributed by atoms with Crippen LogP contribution in [0, 0.1) is 5.92 Å². The van der Waals surface area contributed by atoms with E-state index >= 15 is 0 Å². The van der Waals surface area contributed by atoms with E-state index in [1.165, 1.54) is 6.92 Å². The molecule has 0 saturated heterocycles. The third-order valence-electron chi connectivity index (χ3n) is 1.22. The van der Waals surface area contributed by atoms with E-state index in [1.54, 1.807) is 0 Å². The van der Waals surface area contributed by atoms with Crippen molar-refractivity contribution in [2.24, 2.45) is 5.92 Å². The van der Waals surface area contributed by atoms with Crippen molar-refractivity contribution in [1.29, 1.82) is 0 Å². The first-order valence-corrected chi connectivity index (χ1v) is 2.91. The molecule has 0 aliphatic rings. The Balaban J connectivity index is 3.83. The smallest absolute Gasteiger partial charge is 0.304 e.